The largest absolute Gasteiger partial charge is 0.357 e. The van der Waals surface area contributed by atoms with Gasteiger partial charge in [0.1, 0.15) is 0 Å². The van der Waals surface area contributed by atoms with E-state index in [1.54, 1.807) is 0 Å². The van der Waals surface area contributed by atoms with Gasteiger partial charge < -0.3 is 5.11 Å². The second-order valence-corrected chi connectivity index (χ2v) is 3.89. The Morgan fingerprint density at radius 2 is 1.80 bits per heavy atom. The van der Waals surface area contributed by atoms with E-state index in [1.165, 1.54) is 0 Å². The van der Waals surface area contributed by atoms with Gasteiger partial charge in [0.05, 0.1) is 5.55 Å². The lowest BCUT2D eigenvalue weighted by Gasteiger charge is -1.47. The van der Waals surface area contributed by atoms with E-state index >= 15 is 0 Å². The maximum atomic E-state index is 7.82. The first kappa shape index (κ1) is 5.49. The minimum absolute atomic E-state index is 0.725. The summed E-state index contributed by atoms with van der Waals surface area (Å²) in [6, 6.07) is 0. The van der Waals surface area contributed by atoms with Gasteiger partial charge in [-0.1, -0.05) is 0 Å². The van der Waals surface area contributed by atoms with Gasteiger partial charge in [-0.3, -0.25) is 0 Å². The van der Waals surface area contributed by atoms with Crippen LogP contribution in [-0.2, 0) is 30.0 Å². The molecule has 0 fully saturated rings. The lowest BCUT2D eigenvalue weighted by atomic mass is 11.8. The fraction of sp³-hybridized carbons (Fsp3) is 0. The van der Waals surface area contributed by atoms with Crippen molar-refractivity contribution < 1.29 is 5.11 Å². The molecule has 0 saturated carbocycles. The fourth-order valence-electron chi connectivity index (χ4n) is 0. The van der Waals surface area contributed by atoms with Crippen molar-refractivity contribution in [2.24, 2.45) is 0 Å². The van der Waals surface area contributed by atoms with Crippen LogP contribution in [0.25, 0.3) is 0 Å². The molecular weight excluding hydrogens is 124 g/mol. The first-order valence-corrected chi connectivity index (χ1v) is 3.97. The minimum atomic E-state index is -0.725. The van der Waals surface area contributed by atoms with Gasteiger partial charge in [0.2, 0.25) is 0 Å². The molecule has 30 valence electrons. The molecule has 1 nitrogen and oxygen atoms in total. The van der Waals surface area contributed by atoms with E-state index in [9.17, 15) is 0 Å². The van der Waals surface area contributed by atoms with Crippen LogP contribution in [0.1, 0.15) is 0 Å². The van der Waals surface area contributed by atoms with Crippen LogP contribution in [-0.4, -0.2) is 10.7 Å². The molecule has 0 aromatic heterocycles. The zero-order valence-electron chi connectivity index (χ0n) is 2.25. The van der Waals surface area contributed by atoms with Gasteiger partial charge >= 0.3 is 0 Å². The van der Waals surface area contributed by atoms with E-state index in [1.807, 2.05) is 0 Å². The number of hydrogen-bond donors (Lipinski definition) is 1. The maximum absolute atomic E-state index is 7.82. The van der Waals surface area contributed by atoms with Crippen molar-refractivity contribution >= 4 is 35.5 Å². The van der Waals surface area contributed by atoms with Crippen molar-refractivity contribution in [3.63, 3.8) is 0 Å². The monoisotopic (exact) mass is 126 g/mol. The van der Waals surface area contributed by atoms with Crippen molar-refractivity contribution in [1.82, 2.24) is 0 Å². The highest BCUT2D eigenvalue weighted by Gasteiger charge is 1.38. The van der Waals surface area contributed by atoms with Crippen LogP contribution < -0.4 is 0 Å². The second-order valence-electron chi connectivity index (χ2n) is 0.366. The Balaban J connectivity index is 4.25. The SMILES string of the molecule is OC=S(=S)=S. The maximum Gasteiger partial charge on any atom is 0.0995 e. The normalized spacial score (nSPS) is 6.60. The summed E-state index contributed by atoms with van der Waals surface area (Å²) < 4.78 is 0. The minimum Gasteiger partial charge on any atom is -0.357 e. The first-order valence-electron chi connectivity index (χ1n) is 0.827. The Morgan fingerprint density at radius 1 is 1.60 bits per heavy atom. The molecule has 5 heavy (non-hydrogen) atoms. The van der Waals surface area contributed by atoms with E-state index in [0.29, 0.717) is 0 Å². The fourth-order valence-corrected chi connectivity index (χ4v) is 0. The van der Waals surface area contributed by atoms with Crippen LogP contribution in [0, 0.1) is 0 Å². The Labute approximate surface area is 41.0 Å². The third kappa shape index (κ3) is 4.49. The van der Waals surface area contributed by atoms with Crippen molar-refractivity contribution in [3.05, 3.63) is 0 Å². The molecule has 0 radical (unpaired) electrons. The molecule has 0 rings (SSSR count). The quantitative estimate of drug-likeness (QED) is 0.456. The third-order valence-electron chi connectivity index (χ3n) is 0.0861. The van der Waals surface area contributed by atoms with Gasteiger partial charge in [-0.2, -0.15) is 0 Å². The molecule has 0 atom stereocenters. The van der Waals surface area contributed by atoms with E-state index in [2.05, 4.69) is 22.4 Å². The summed E-state index contributed by atoms with van der Waals surface area (Å²) in [4.78, 5) is 0. The Hall–Kier alpha value is 0.490. The summed E-state index contributed by atoms with van der Waals surface area (Å²) in [5.74, 6) is 0. The van der Waals surface area contributed by atoms with Crippen LogP contribution in [0.4, 0.5) is 0 Å². The van der Waals surface area contributed by atoms with Crippen molar-refractivity contribution in [2.75, 3.05) is 0 Å². The van der Waals surface area contributed by atoms with Crippen LogP contribution in [0.2, 0.25) is 0 Å². The van der Waals surface area contributed by atoms with E-state index in [4.69, 9.17) is 5.11 Å². The average Bonchev–Trinajstić information content (AvgIpc) is 1.38. The predicted molar refractivity (Wildman–Crippen MR) is 30.8 cm³/mol. The average molecular weight is 126 g/mol. The summed E-state index contributed by atoms with van der Waals surface area (Å²) in [6.45, 7) is 0. The summed E-state index contributed by atoms with van der Waals surface area (Å²) in [5, 5.41) is 7.82. The molecule has 0 aromatic carbocycles. The highest BCUT2D eigenvalue weighted by molar-refractivity contribution is 8.44. The lowest BCUT2D eigenvalue weighted by Crippen LogP contribution is -1.58. The van der Waals surface area contributed by atoms with Gasteiger partial charge in [0.15, 0.2) is 0 Å². The summed E-state index contributed by atoms with van der Waals surface area (Å²) in [6.07, 6.45) is 0. The molecule has 0 amide bonds. The zero-order valence-corrected chi connectivity index (χ0v) is 4.70. The lowest BCUT2D eigenvalue weighted by molar-refractivity contribution is 0.593. The topological polar surface area (TPSA) is 20.2 Å². The van der Waals surface area contributed by atoms with Crippen molar-refractivity contribution in [2.45, 2.75) is 0 Å². The van der Waals surface area contributed by atoms with E-state index < -0.39 is 7.60 Å². The highest BCUT2D eigenvalue weighted by atomic mass is 33.1. The Kier molecular flexibility index (Phi) is 2.98. The predicted octanol–water partition coefficient (Wildman–Crippen LogP) is -0.154. The molecular formula is CH2OS3. The smallest absolute Gasteiger partial charge is 0.0995 e. The molecule has 0 aliphatic heterocycles. The van der Waals surface area contributed by atoms with Gasteiger partial charge in [-0.15, -0.1) is 0 Å². The van der Waals surface area contributed by atoms with Crippen molar-refractivity contribution in [3.8, 4) is 0 Å². The van der Waals surface area contributed by atoms with Crippen LogP contribution in [0.3, 0.4) is 0 Å². The molecule has 4 heteroatoms. The number of hydrogen-bond acceptors (Lipinski definition) is 2. The first-order chi connectivity index (χ1) is 2.27. The van der Waals surface area contributed by atoms with Crippen molar-refractivity contribution in [1.29, 1.82) is 0 Å². The van der Waals surface area contributed by atoms with Crippen LogP contribution in [0.15, 0.2) is 0 Å². The van der Waals surface area contributed by atoms with Crippen LogP contribution >= 0.6 is 0 Å². The highest BCUT2D eigenvalue weighted by Crippen LogP contribution is 1.30. The molecule has 1 N–H and O–H groups in total. The van der Waals surface area contributed by atoms with Gasteiger partial charge in [-0.05, 0) is 30.0 Å². The van der Waals surface area contributed by atoms with Gasteiger partial charge in [0.25, 0.3) is 0 Å². The summed E-state index contributed by atoms with van der Waals surface area (Å²) in [7, 11) is -0.725. The number of aliphatic hydroxyl groups is 1. The molecule has 0 aliphatic carbocycles. The number of aliphatic hydroxyl groups excluding tert-OH is 1. The van der Waals surface area contributed by atoms with Crippen LogP contribution in [0.5, 0.6) is 0 Å². The Bertz CT molecular complexity index is 110. The van der Waals surface area contributed by atoms with Gasteiger partial charge in [-0.25, -0.2) is 0 Å². The summed E-state index contributed by atoms with van der Waals surface area (Å²) >= 11 is 8.63. The molecule has 0 aliphatic rings. The van der Waals surface area contributed by atoms with Gasteiger partial charge in [0, 0.05) is 0 Å². The molecule has 0 saturated heterocycles. The van der Waals surface area contributed by atoms with E-state index in [-0.39, 0.29) is 0 Å². The molecule has 0 bridgehead atoms. The second kappa shape index (κ2) is 2.71. The Morgan fingerprint density at radius 3 is 1.80 bits per heavy atom. The molecule has 0 unspecified atom stereocenters. The molecule has 0 spiro atoms. The standard InChI is InChI=1S/CH2OS3/c2-1-5(3)4/h1-2H. The third-order valence-corrected chi connectivity index (χ3v) is 0.775. The van der Waals surface area contributed by atoms with E-state index in [0.717, 1.165) is 5.55 Å². The zero-order chi connectivity index (χ0) is 4.28. The molecule has 0 heterocycles. The summed E-state index contributed by atoms with van der Waals surface area (Å²) in [5.41, 5.74) is 0.824. The number of rotatable bonds is 0. The molecule has 0 aromatic rings.